The number of aromatic nitrogens is 4. The van der Waals surface area contributed by atoms with E-state index in [0.717, 1.165) is 6.54 Å². The molecular formula is C95H81N5. The van der Waals surface area contributed by atoms with Gasteiger partial charge in [-0.1, -0.05) is 253 Å². The Morgan fingerprint density at radius 2 is 0.540 bits per heavy atom. The van der Waals surface area contributed by atoms with Crippen LogP contribution in [0.5, 0.6) is 0 Å². The fourth-order valence-electron chi connectivity index (χ4n) is 14.0. The van der Waals surface area contributed by atoms with Gasteiger partial charge in [0.2, 0.25) is 0 Å². The largest absolute Gasteiger partial charge is 0.341 e. The molecule has 18 aromatic rings. The summed E-state index contributed by atoms with van der Waals surface area (Å²) in [6, 6.07) is 122. The summed E-state index contributed by atoms with van der Waals surface area (Å²) in [5.74, 6) is 0. The molecule has 0 aliphatic rings. The fraction of sp³-hybridized carbons (Fsp3) is 0.0737. The van der Waals surface area contributed by atoms with Crippen LogP contribution in [0, 0.1) is 20.8 Å². The third-order valence-corrected chi connectivity index (χ3v) is 18.6. The number of nitrogens with zero attached hydrogens (tertiary/aromatic N) is 5. The highest BCUT2D eigenvalue weighted by molar-refractivity contribution is 6.12. The van der Waals surface area contributed by atoms with E-state index in [1.165, 1.54) is 149 Å². The zero-order chi connectivity index (χ0) is 68.3. The minimum Gasteiger partial charge on any atom is -0.341 e. The molecule has 4 aromatic heterocycles. The van der Waals surface area contributed by atoms with Crippen LogP contribution < -0.4 is 4.90 Å². The summed E-state index contributed by atoms with van der Waals surface area (Å²) in [6.07, 6.45) is 8.41. The van der Waals surface area contributed by atoms with Crippen LogP contribution in [-0.4, -0.2) is 18.3 Å². The van der Waals surface area contributed by atoms with E-state index in [4.69, 9.17) is 0 Å². The van der Waals surface area contributed by atoms with Gasteiger partial charge in [0.25, 0.3) is 0 Å². The molecule has 18 rings (SSSR count). The quantitative estimate of drug-likeness (QED) is 0.141. The van der Waals surface area contributed by atoms with E-state index in [0.29, 0.717) is 0 Å². The number of para-hydroxylation sites is 9. The summed E-state index contributed by atoms with van der Waals surface area (Å²) in [7, 11) is 0. The lowest BCUT2D eigenvalue weighted by Gasteiger charge is -2.25. The van der Waals surface area contributed by atoms with Crippen LogP contribution in [0.3, 0.4) is 0 Å². The second kappa shape index (κ2) is 29.9. The number of hydrogen-bond acceptors (Lipinski definition) is 1. The summed E-state index contributed by atoms with van der Waals surface area (Å²) >= 11 is 0. The molecule has 14 aromatic carbocycles. The zero-order valence-electron chi connectivity index (χ0n) is 57.7. The number of allylic oxidation sites excluding steroid dienone is 2. The monoisotopic (exact) mass is 1290 g/mol. The van der Waals surface area contributed by atoms with Crippen molar-refractivity contribution in [1.82, 2.24) is 18.3 Å². The van der Waals surface area contributed by atoms with Gasteiger partial charge in [-0.25, -0.2) is 0 Å². The van der Waals surface area contributed by atoms with E-state index in [2.05, 4.69) is 416 Å². The summed E-state index contributed by atoms with van der Waals surface area (Å²) in [5, 5.41) is 10.6. The highest BCUT2D eigenvalue weighted by atomic mass is 15.1. The van der Waals surface area contributed by atoms with Crippen molar-refractivity contribution in [3.05, 3.63) is 386 Å². The summed E-state index contributed by atoms with van der Waals surface area (Å²) in [6.45, 7) is 13.7. The van der Waals surface area contributed by atoms with Crippen molar-refractivity contribution in [2.75, 3.05) is 4.90 Å². The maximum atomic E-state index is 2.38. The zero-order valence-corrected chi connectivity index (χ0v) is 57.7. The Balaban J connectivity index is 0.000000107. The third-order valence-electron chi connectivity index (χ3n) is 18.6. The van der Waals surface area contributed by atoms with Crippen LogP contribution >= 0.6 is 0 Å². The van der Waals surface area contributed by atoms with Crippen molar-refractivity contribution >= 4 is 116 Å². The summed E-state index contributed by atoms with van der Waals surface area (Å²) < 4.78 is 9.39. The van der Waals surface area contributed by atoms with Gasteiger partial charge in [0.1, 0.15) is 0 Å². The lowest BCUT2D eigenvalue weighted by atomic mass is 10.1. The molecule has 5 nitrogen and oxygen atoms in total. The topological polar surface area (TPSA) is 23.0 Å². The van der Waals surface area contributed by atoms with Gasteiger partial charge >= 0.3 is 0 Å². The number of anilines is 3. The second-order valence-electron chi connectivity index (χ2n) is 25.3. The van der Waals surface area contributed by atoms with Gasteiger partial charge in [-0.2, -0.15) is 0 Å². The third kappa shape index (κ3) is 13.4. The number of benzene rings is 14. The van der Waals surface area contributed by atoms with Gasteiger partial charge in [-0.15, -0.1) is 0 Å². The minimum absolute atomic E-state index is 1.02. The number of aryl methyl sites for hydroxylation is 4. The van der Waals surface area contributed by atoms with Crippen molar-refractivity contribution in [2.45, 2.75) is 48.1 Å². The van der Waals surface area contributed by atoms with Crippen LogP contribution in [0.4, 0.5) is 17.1 Å². The van der Waals surface area contributed by atoms with E-state index in [-0.39, 0.29) is 0 Å². The van der Waals surface area contributed by atoms with Crippen molar-refractivity contribution < 1.29 is 0 Å². The molecule has 0 saturated heterocycles. The molecule has 5 heteroatoms. The number of rotatable bonds is 9. The Kier molecular flexibility index (Phi) is 19.4. The minimum atomic E-state index is 1.02. The van der Waals surface area contributed by atoms with Crippen LogP contribution in [0.25, 0.3) is 116 Å². The van der Waals surface area contributed by atoms with E-state index in [9.17, 15) is 0 Å². The normalized spacial score (nSPS) is 11.3. The first-order chi connectivity index (χ1) is 49.3. The van der Waals surface area contributed by atoms with Gasteiger partial charge in [0, 0.05) is 94.8 Å². The molecule has 0 spiro atoms. The molecule has 0 aliphatic heterocycles. The first-order valence-electron chi connectivity index (χ1n) is 34.7. The van der Waals surface area contributed by atoms with E-state index >= 15 is 0 Å². The van der Waals surface area contributed by atoms with Crippen molar-refractivity contribution in [1.29, 1.82) is 0 Å². The van der Waals surface area contributed by atoms with Gasteiger partial charge < -0.3 is 23.2 Å². The molecular weight excluding hydrogens is 1210 g/mol. The molecule has 0 aliphatic carbocycles. The summed E-state index contributed by atoms with van der Waals surface area (Å²) in [5.41, 5.74) is 23.7. The smallest absolute Gasteiger partial charge is 0.0541 e. The first-order valence-corrected chi connectivity index (χ1v) is 34.7. The summed E-state index contributed by atoms with van der Waals surface area (Å²) in [4.78, 5) is 2.26. The van der Waals surface area contributed by atoms with Crippen molar-refractivity contribution in [3.63, 3.8) is 0 Å². The molecule has 0 bridgehead atoms. The molecule has 0 atom stereocenters. The number of fused-ring (bicyclic) bond motifs is 12. The predicted octanol–water partition coefficient (Wildman–Crippen LogP) is 26.3. The molecule has 100 heavy (non-hydrogen) atoms. The van der Waals surface area contributed by atoms with Gasteiger partial charge in [-0.3, -0.25) is 0 Å². The molecule has 486 valence electrons. The van der Waals surface area contributed by atoms with Crippen molar-refractivity contribution in [2.24, 2.45) is 0 Å². The standard InChI is InChI=1S/2C21H17N.C19H15N.C19H17N.C15H15N/c1-2-7-16-12-14-17(15-13-16)22-20-10-5-3-8-18(20)19-9-4-6-11-21(19)22;1-2-8-16-13-14-21-19(15-16)18-11-6-7-12-20(18)22(21)17-9-4-3-5-10-17;1-14-10-12-15(13-11-14)20-18-8-4-2-6-16(18)17-7-3-5-9-19(17)20;1-16-12-14-19(15-13-16)20(17-8-4-2-5-9-17)18-10-6-3-7-11-18;1-3-16-14-7-5-4-6-12(14)13-10-11(2)8-9-15(13)16/h2*2-15H,1H3;2-13H,1H3;2-15H,1H3;4-10H,3H2,1-2H3. The van der Waals surface area contributed by atoms with E-state index in [1.807, 2.05) is 19.1 Å². The van der Waals surface area contributed by atoms with Gasteiger partial charge in [0.05, 0.1) is 33.1 Å². The SMILES string of the molecule is CC=Cc1ccc(-n2c3ccccc3c3ccccc32)cc1.CC=Cc1ccc2c(c1)c1ccccc1n2-c1ccccc1.CCn1c2ccccc2c2cc(C)ccc21.Cc1ccc(-n2c3ccccc3c3ccccc32)cc1.Cc1ccc(N(c2ccccc2)c2ccccc2)cc1. The van der Waals surface area contributed by atoms with Gasteiger partial charge in [-0.05, 0) is 186 Å². The highest BCUT2D eigenvalue weighted by Gasteiger charge is 2.16. The highest BCUT2D eigenvalue weighted by Crippen LogP contribution is 2.38. The molecule has 4 heterocycles. The molecule has 0 fully saturated rings. The average Bonchev–Trinajstić information content (AvgIpc) is 1.63. The van der Waals surface area contributed by atoms with Crippen LogP contribution in [0.15, 0.2) is 358 Å². The molecule has 0 radical (unpaired) electrons. The molecule has 0 unspecified atom stereocenters. The lowest BCUT2D eigenvalue weighted by molar-refractivity contribution is 0.827. The Labute approximate surface area is 586 Å². The Hall–Kier alpha value is -12.4. The molecule has 0 N–H and O–H groups in total. The second-order valence-corrected chi connectivity index (χ2v) is 25.3. The lowest BCUT2D eigenvalue weighted by Crippen LogP contribution is -2.09. The van der Waals surface area contributed by atoms with Crippen molar-refractivity contribution in [3.8, 4) is 17.1 Å². The first kappa shape index (κ1) is 64.9. The van der Waals surface area contributed by atoms with Crippen LogP contribution in [0.2, 0.25) is 0 Å². The molecule has 0 saturated carbocycles. The Morgan fingerprint density at radius 3 is 0.980 bits per heavy atom. The Bertz CT molecular complexity index is 5700. The predicted molar refractivity (Wildman–Crippen MR) is 432 cm³/mol. The van der Waals surface area contributed by atoms with E-state index < -0.39 is 0 Å². The maximum absolute atomic E-state index is 2.38. The average molecular weight is 1290 g/mol. The maximum Gasteiger partial charge on any atom is 0.0541 e. The van der Waals surface area contributed by atoms with Gasteiger partial charge in [0.15, 0.2) is 0 Å². The number of hydrogen-bond donors (Lipinski definition) is 0. The molecule has 0 amide bonds. The fourth-order valence-corrected chi connectivity index (χ4v) is 14.0. The van der Waals surface area contributed by atoms with Crippen LogP contribution in [-0.2, 0) is 6.54 Å². The van der Waals surface area contributed by atoms with E-state index in [1.54, 1.807) is 0 Å². The van der Waals surface area contributed by atoms with Crippen LogP contribution in [0.1, 0.15) is 48.6 Å². The Morgan fingerprint density at radius 1 is 0.250 bits per heavy atom.